The van der Waals surface area contributed by atoms with E-state index in [9.17, 15) is 9.59 Å². The van der Waals surface area contributed by atoms with Gasteiger partial charge < -0.3 is 10.6 Å². The molecule has 1 amide bonds. The molecule has 0 aliphatic carbocycles. The molecule has 148 valence electrons. The van der Waals surface area contributed by atoms with Gasteiger partial charge in [-0.3, -0.25) is 13.9 Å². The molecule has 0 unspecified atom stereocenters. The summed E-state index contributed by atoms with van der Waals surface area (Å²) in [6, 6.07) is 15.5. The average Bonchev–Trinajstić information content (AvgIpc) is 2.97. The van der Waals surface area contributed by atoms with Crippen molar-refractivity contribution in [1.29, 1.82) is 0 Å². The number of rotatable bonds is 9. The van der Waals surface area contributed by atoms with Crippen molar-refractivity contribution in [2.24, 2.45) is 0 Å². The van der Waals surface area contributed by atoms with Gasteiger partial charge in [-0.2, -0.15) is 0 Å². The quantitative estimate of drug-likeness (QED) is 0.598. The Labute approximate surface area is 165 Å². The molecule has 3 rings (SSSR count). The van der Waals surface area contributed by atoms with Gasteiger partial charge in [0.2, 0.25) is 5.91 Å². The number of amides is 1. The third kappa shape index (κ3) is 4.34. The van der Waals surface area contributed by atoms with Crippen LogP contribution >= 0.6 is 0 Å². The number of fused-ring (bicyclic) bond motifs is 1. The maximum atomic E-state index is 12.8. The van der Waals surface area contributed by atoms with Gasteiger partial charge >= 0.3 is 5.69 Å². The van der Waals surface area contributed by atoms with E-state index >= 15 is 0 Å². The first-order chi connectivity index (χ1) is 13.7. The van der Waals surface area contributed by atoms with E-state index in [0.29, 0.717) is 19.6 Å². The monoisotopic (exact) mass is 380 g/mol. The van der Waals surface area contributed by atoms with Crippen molar-refractivity contribution < 1.29 is 4.79 Å². The first-order valence-corrected chi connectivity index (χ1v) is 9.92. The van der Waals surface area contributed by atoms with Crippen molar-refractivity contribution in [2.45, 2.75) is 46.3 Å². The van der Waals surface area contributed by atoms with Gasteiger partial charge in [-0.1, -0.05) is 44.2 Å². The fraction of sp³-hybridized carbons (Fsp3) is 0.364. The van der Waals surface area contributed by atoms with E-state index in [4.69, 9.17) is 0 Å². The molecule has 2 N–H and O–H groups in total. The number of nitrogens with zero attached hydrogens (tertiary/aromatic N) is 2. The van der Waals surface area contributed by atoms with Crippen LogP contribution in [-0.2, 0) is 24.4 Å². The number of anilines is 1. The van der Waals surface area contributed by atoms with Gasteiger partial charge in [-0.05, 0) is 36.7 Å². The molecule has 0 bridgehead atoms. The summed E-state index contributed by atoms with van der Waals surface area (Å²) >= 11 is 0. The van der Waals surface area contributed by atoms with E-state index < -0.39 is 0 Å². The Bertz CT molecular complexity index is 1000. The molecule has 0 spiro atoms. The lowest BCUT2D eigenvalue weighted by Crippen LogP contribution is -2.26. The SMILES string of the molecule is CCCn1c(=O)n(CCC(=O)Nc2ccccc2CNCC)c2ccccc21. The Kier molecular flexibility index (Phi) is 6.66. The molecule has 1 aromatic heterocycles. The first kappa shape index (κ1) is 19.9. The fourth-order valence-electron chi connectivity index (χ4n) is 3.41. The molecule has 0 fully saturated rings. The predicted octanol–water partition coefficient (Wildman–Crippen LogP) is 3.35. The molecule has 2 aromatic carbocycles. The maximum Gasteiger partial charge on any atom is 0.329 e. The van der Waals surface area contributed by atoms with E-state index in [-0.39, 0.29) is 18.0 Å². The number of carbonyl (C=O) groups excluding carboxylic acids is 1. The minimum absolute atomic E-state index is 0.0524. The molecule has 0 atom stereocenters. The summed E-state index contributed by atoms with van der Waals surface area (Å²) in [7, 11) is 0. The van der Waals surface area contributed by atoms with Gasteiger partial charge in [0, 0.05) is 31.7 Å². The summed E-state index contributed by atoms with van der Waals surface area (Å²) in [5, 5.41) is 6.27. The summed E-state index contributed by atoms with van der Waals surface area (Å²) in [6.07, 6.45) is 1.13. The third-order valence-corrected chi connectivity index (χ3v) is 4.79. The number of aryl methyl sites for hydroxylation is 2. The highest BCUT2D eigenvalue weighted by molar-refractivity contribution is 5.91. The normalized spacial score (nSPS) is 11.1. The second-order valence-electron chi connectivity index (χ2n) is 6.81. The van der Waals surface area contributed by atoms with Gasteiger partial charge in [0.1, 0.15) is 0 Å². The van der Waals surface area contributed by atoms with Crippen LogP contribution in [-0.4, -0.2) is 21.6 Å². The van der Waals surface area contributed by atoms with Crippen molar-refractivity contribution >= 4 is 22.6 Å². The summed E-state index contributed by atoms with van der Waals surface area (Å²) in [5.74, 6) is -0.0943. The number of hydrogen-bond donors (Lipinski definition) is 2. The first-order valence-electron chi connectivity index (χ1n) is 9.92. The third-order valence-electron chi connectivity index (χ3n) is 4.79. The van der Waals surface area contributed by atoms with Crippen LogP contribution in [0.25, 0.3) is 11.0 Å². The molecular formula is C22H28N4O2. The molecule has 6 nitrogen and oxygen atoms in total. The van der Waals surface area contributed by atoms with Crippen molar-refractivity contribution in [1.82, 2.24) is 14.5 Å². The minimum Gasteiger partial charge on any atom is -0.326 e. The van der Waals surface area contributed by atoms with Crippen molar-refractivity contribution in [3.8, 4) is 0 Å². The smallest absolute Gasteiger partial charge is 0.326 e. The molecule has 0 radical (unpaired) electrons. The van der Waals surface area contributed by atoms with Crippen molar-refractivity contribution in [3.63, 3.8) is 0 Å². The van der Waals surface area contributed by atoms with E-state index in [1.807, 2.05) is 55.5 Å². The topological polar surface area (TPSA) is 68.1 Å². The Hall–Kier alpha value is -2.86. The summed E-state index contributed by atoms with van der Waals surface area (Å²) in [6.45, 7) is 6.71. The molecule has 0 aliphatic rings. The number of aromatic nitrogens is 2. The van der Waals surface area contributed by atoms with Gasteiger partial charge in [-0.25, -0.2) is 4.79 Å². The van der Waals surface area contributed by atoms with Crippen LogP contribution in [0.15, 0.2) is 53.3 Å². The van der Waals surface area contributed by atoms with Crippen molar-refractivity contribution in [2.75, 3.05) is 11.9 Å². The fourth-order valence-corrected chi connectivity index (χ4v) is 3.41. The van der Waals surface area contributed by atoms with Crippen LogP contribution < -0.4 is 16.3 Å². The lowest BCUT2D eigenvalue weighted by atomic mass is 10.1. The van der Waals surface area contributed by atoms with Crippen molar-refractivity contribution in [3.05, 3.63) is 64.6 Å². The molecular weight excluding hydrogens is 352 g/mol. The lowest BCUT2D eigenvalue weighted by molar-refractivity contribution is -0.116. The van der Waals surface area contributed by atoms with Gasteiger partial charge in [-0.15, -0.1) is 0 Å². The van der Waals surface area contributed by atoms with Gasteiger partial charge in [0.25, 0.3) is 0 Å². The highest BCUT2D eigenvalue weighted by Gasteiger charge is 2.14. The second-order valence-corrected chi connectivity index (χ2v) is 6.81. The van der Waals surface area contributed by atoms with E-state index in [1.54, 1.807) is 9.13 Å². The van der Waals surface area contributed by atoms with Crippen LogP contribution in [0, 0.1) is 0 Å². The van der Waals surface area contributed by atoms with E-state index in [1.165, 1.54) is 0 Å². The Morgan fingerprint density at radius 3 is 2.25 bits per heavy atom. The number of benzene rings is 2. The van der Waals surface area contributed by atoms with Crippen LogP contribution in [0.3, 0.4) is 0 Å². The Morgan fingerprint density at radius 1 is 0.929 bits per heavy atom. The molecule has 6 heteroatoms. The molecule has 28 heavy (non-hydrogen) atoms. The minimum atomic E-state index is -0.0943. The molecule has 3 aromatic rings. The second kappa shape index (κ2) is 9.37. The van der Waals surface area contributed by atoms with Crippen LogP contribution in [0.2, 0.25) is 0 Å². The van der Waals surface area contributed by atoms with E-state index in [2.05, 4.69) is 17.6 Å². The predicted molar refractivity (Wildman–Crippen MR) is 114 cm³/mol. The largest absolute Gasteiger partial charge is 0.329 e. The summed E-state index contributed by atoms with van der Waals surface area (Å²) < 4.78 is 3.49. The van der Waals surface area contributed by atoms with Crippen LogP contribution in [0.4, 0.5) is 5.69 Å². The zero-order valence-electron chi connectivity index (χ0n) is 16.6. The Balaban J connectivity index is 1.74. The summed E-state index contributed by atoms with van der Waals surface area (Å²) in [5.41, 5.74) is 3.61. The number of nitrogens with one attached hydrogen (secondary N) is 2. The number of hydrogen-bond acceptors (Lipinski definition) is 3. The van der Waals surface area contributed by atoms with E-state index in [0.717, 1.165) is 35.2 Å². The van der Waals surface area contributed by atoms with Crippen LogP contribution in [0.1, 0.15) is 32.3 Å². The maximum absolute atomic E-state index is 12.8. The Morgan fingerprint density at radius 2 is 1.57 bits per heavy atom. The molecule has 0 aliphatic heterocycles. The highest BCUT2D eigenvalue weighted by atomic mass is 16.2. The molecule has 0 saturated carbocycles. The standard InChI is InChI=1S/C22H28N4O2/c1-3-14-25-19-11-7-8-12-20(19)26(22(25)28)15-13-21(27)24-18-10-6-5-9-17(18)16-23-4-2/h5-12,23H,3-4,13-16H2,1-2H3,(H,24,27). The lowest BCUT2D eigenvalue weighted by Gasteiger charge is -2.11. The molecule has 1 heterocycles. The zero-order valence-corrected chi connectivity index (χ0v) is 16.6. The number of imidazole rings is 1. The zero-order chi connectivity index (χ0) is 19.9. The van der Waals surface area contributed by atoms with Gasteiger partial charge in [0.15, 0.2) is 0 Å². The summed E-state index contributed by atoms with van der Waals surface area (Å²) in [4.78, 5) is 25.3. The van der Waals surface area contributed by atoms with Gasteiger partial charge in [0.05, 0.1) is 11.0 Å². The average molecular weight is 380 g/mol. The number of para-hydroxylation sites is 3. The highest BCUT2D eigenvalue weighted by Crippen LogP contribution is 2.16. The van der Waals surface area contributed by atoms with Crippen LogP contribution in [0.5, 0.6) is 0 Å². The molecule has 0 saturated heterocycles. The number of carbonyl (C=O) groups is 1.